The number of benzene rings is 3. The first-order valence-electron chi connectivity index (χ1n) is 11.8. The Morgan fingerprint density at radius 1 is 0.882 bits per heavy atom. The zero-order valence-electron chi connectivity index (χ0n) is 20.2. The molecule has 0 radical (unpaired) electrons. The monoisotopic (exact) mass is 520 g/mol. The molecule has 3 aromatic carbocycles. The Hall–Kier alpha value is -2.92. The highest BCUT2D eigenvalue weighted by atomic mass is 79.9. The van der Waals surface area contributed by atoms with Gasteiger partial charge in [-0.25, -0.2) is 0 Å². The van der Waals surface area contributed by atoms with Gasteiger partial charge in [-0.2, -0.15) is 0 Å². The van der Waals surface area contributed by atoms with Crippen LogP contribution in [0.25, 0.3) is 0 Å². The molecule has 0 aliphatic carbocycles. The molecule has 1 atom stereocenters. The van der Waals surface area contributed by atoms with Crippen molar-refractivity contribution in [3.63, 3.8) is 0 Å². The molecule has 3 rings (SSSR count). The van der Waals surface area contributed by atoms with Crippen molar-refractivity contribution in [2.45, 2.75) is 52.6 Å². The van der Waals surface area contributed by atoms with Gasteiger partial charge in [0.15, 0.2) is 0 Å². The molecule has 0 unspecified atom stereocenters. The van der Waals surface area contributed by atoms with Gasteiger partial charge in [-0.1, -0.05) is 94.6 Å². The van der Waals surface area contributed by atoms with Crippen LogP contribution < -0.4 is 5.32 Å². The van der Waals surface area contributed by atoms with Crippen molar-refractivity contribution in [1.29, 1.82) is 0 Å². The average molecular weight is 521 g/mol. The van der Waals surface area contributed by atoms with E-state index in [1.165, 1.54) is 0 Å². The van der Waals surface area contributed by atoms with E-state index in [1.807, 2.05) is 87.5 Å². The first-order chi connectivity index (χ1) is 16.4. The van der Waals surface area contributed by atoms with Crippen LogP contribution in [0, 0.1) is 13.8 Å². The predicted octanol–water partition coefficient (Wildman–Crippen LogP) is 5.77. The lowest BCUT2D eigenvalue weighted by Crippen LogP contribution is -2.51. The molecule has 0 aromatic heterocycles. The number of hydrogen-bond donors (Lipinski definition) is 1. The molecule has 0 aliphatic heterocycles. The molecule has 4 nitrogen and oxygen atoms in total. The summed E-state index contributed by atoms with van der Waals surface area (Å²) < 4.78 is 0.978. The van der Waals surface area contributed by atoms with Gasteiger partial charge in [-0.05, 0) is 49.1 Å². The molecule has 0 saturated heterocycles. The van der Waals surface area contributed by atoms with Gasteiger partial charge < -0.3 is 10.2 Å². The van der Waals surface area contributed by atoms with E-state index in [0.29, 0.717) is 19.5 Å². The molecule has 0 bridgehead atoms. The molecule has 2 amide bonds. The van der Waals surface area contributed by atoms with E-state index >= 15 is 0 Å². The molecule has 0 saturated carbocycles. The number of rotatable bonds is 10. The fraction of sp³-hybridized carbons (Fsp3) is 0.310. The summed E-state index contributed by atoms with van der Waals surface area (Å²) in [6.07, 6.45) is 1.56. The fourth-order valence-corrected chi connectivity index (χ4v) is 4.42. The van der Waals surface area contributed by atoms with E-state index in [2.05, 4.69) is 27.3 Å². The third-order valence-electron chi connectivity index (χ3n) is 5.72. The zero-order valence-corrected chi connectivity index (χ0v) is 21.8. The SMILES string of the molecule is CCCNC(=O)[C@@H](Cc1ccccc1)N(Cc1ccc(Br)cc1)C(=O)Cc1cc(C)cc(C)c1. The predicted molar refractivity (Wildman–Crippen MR) is 142 cm³/mol. The summed E-state index contributed by atoms with van der Waals surface area (Å²) in [5.41, 5.74) is 5.24. The first kappa shape index (κ1) is 25.7. The molecule has 34 heavy (non-hydrogen) atoms. The lowest BCUT2D eigenvalue weighted by molar-refractivity contribution is -0.140. The van der Waals surface area contributed by atoms with E-state index in [0.717, 1.165) is 38.7 Å². The fourth-order valence-electron chi connectivity index (χ4n) is 4.15. The Labute approximate surface area is 211 Å². The molecule has 178 valence electrons. The minimum Gasteiger partial charge on any atom is -0.354 e. The molecular formula is C29H33BrN2O2. The number of carbonyl (C=O) groups is 2. The van der Waals surface area contributed by atoms with E-state index in [-0.39, 0.29) is 18.2 Å². The number of aryl methyl sites for hydroxylation is 2. The summed E-state index contributed by atoms with van der Waals surface area (Å²) >= 11 is 3.48. The highest BCUT2D eigenvalue weighted by Crippen LogP contribution is 2.19. The summed E-state index contributed by atoms with van der Waals surface area (Å²) in [5.74, 6) is -0.169. The minimum atomic E-state index is -0.601. The Morgan fingerprint density at radius 2 is 1.53 bits per heavy atom. The molecular weight excluding hydrogens is 488 g/mol. The summed E-state index contributed by atoms with van der Waals surface area (Å²) in [4.78, 5) is 28.8. The Kier molecular flexibility index (Phi) is 9.46. The summed E-state index contributed by atoms with van der Waals surface area (Å²) in [7, 11) is 0. The minimum absolute atomic E-state index is 0.0551. The summed E-state index contributed by atoms with van der Waals surface area (Å²) in [6.45, 7) is 7.06. The summed E-state index contributed by atoms with van der Waals surface area (Å²) in [5, 5.41) is 3.02. The maximum Gasteiger partial charge on any atom is 0.243 e. The standard InChI is InChI=1S/C29H33BrN2O2/c1-4-14-31-29(34)27(18-23-8-6-5-7-9-23)32(20-24-10-12-26(30)13-11-24)28(33)19-25-16-21(2)15-22(3)17-25/h5-13,15-17,27H,4,14,18-20H2,1-3H3,(H,31,34)/t27-/m1/s1. The van der Waals surface area contributed by atoms with Gasteiger partial charge in [0, 0.05) is 24.0 Å². The molecule has 1 N–H and O–H groups in total. The van der Waals surface area contributed by atoms with Gasteiger partial charge in [-0.15, -0.1) is 0 Å². The largest absolute Gasteiger partial charge is 0.354 e. The van der Waals surface area contributed by atoms with Gasteiger partial charge in [0.25, 0.3) is 0 Å². The molecule has 5 heteroatoms. The lowest BCUT2D eigenvalue weighted by atomic mass is 10.0. The Bertz CT molecular complexity index is 1080. The third kappa shape index (κ3) is 7.56. The van der Waals surface area contributed by atoms with Crippen LogP contribution in [-0.2, 0) is 29.0 Å². The van der Waals surface area contributed by atoms with E-state index < -0.39 is 6.04 Å². The van der Waals surface area contributed by atoms with Crippen LogP contribution in [0.1, 0.15) is 41.2 Å². The van der Waals surface area contributed by atoms with Crippen molar-refractivity contribution in [1.82, 2.24) is 10.2 Å². The quantitative estimate of drug-likeness (QED) is 0.368. The van der Waals surface area contributed by atoms with E-state index in [4.69, 9.17) is 0 Å². The zero-order chi connectivity index (χ0) is 24.5. The number of amides is 2. The van der Waals surface area contributed by atoms with Gasteiger partial charge >= 0.3 is 0 Å². The van der Waals surface area contributed by atoms with Gasteiger partial charge in [0.2, 0.25) is 11.8 Å². The van der Waals surface area contributed by atoms with Gasteiger partial charge in [0.1, 0.15) is 6.04 Å². The van der Waals surface area contributed by atoms with E-state index in [9.17, 15) is 9.59 Å². The van der Waals surface area contributed by atoms with Crippen LogP contribution >= 0.6 is 15.9 Å². The van der Waals surface area contributed by atoms with Crippen LogP contribution in [0.4, 0.5) is 0 Å². The highest BCUT2D eigenvalue weighted by molar-refractivity contribution is 9.10. The van der Waals surface area contributed by atoms with Crippen molar-refractivity contribution >= 4 is 27.7 Å². The number of hydrogen-bond acceptors (Lipinski definition) is 2. The maximum absolute atomic E-state index is 13.8. The van der Waals surface area contributed by atoms with Crippen molar-refractivity contribution in [3.8, 4) is 0 Å². The van der Waals surface area contributed by atoms with Gasteiger partial charge in [-0.3, -0.25) is 9.59 Å². The number of halogens is 1. The van der Waals surface area contributed by atoms with Crippen molar-refractivity contribution in [2.24, 2.45) is 0 Å². The van der Waals surface area contributed by atoms with Crippen LogP contribution in [0.5, 0.6) is 0 Å². The molecule has 0 heterocycles. The second-order valence-electron chi connectivity index (χ2n) is 8.82. The molecule has 0 spiro atoms. The van der Waals surface area contributed by atoms with E-state index in [1.54, 1.807) is 4.90 Å². The average Bonchev–Trinajstić information content (AvgIpc) is 2.81. The Morgan fingerprint density at radius 3 is 2.15 bits per heavy atom. The van der Waals surface area contributed by atoms with Crippen molar-refractivity contribution in [3.05, 3.63) is 105 Å². The van der Waals surface area contributed by atoms with Crippen molar-refractivity contribution in [2.75, 3.05) is 6.54 Å². The Balaban J connectivity index is 1.96. The van der Waals surface area contributed by atoms with Crippen LogP contribution in [-0.4, -0.2) is 29.3 Å². The van der Waals surface area contributed by atoms with Crippen molar-refractivity contribution < 1.29 is 9.59 Å². The number of nitrogens with one attached hydrogen (secondary N) is 1. The van der Waals surface area contributed by atoms with Gasteiger partial charge in [0.05, 0.1) is 6.42 Å². The maximum atomic E-state index is 13.8. The lowest BCUT2D eigenvalue weighted by Gasteiger charge is -2.32. The summed E-state index contributed by atoms with van der Waals surface area (Å²) in [6, 6.07) is 23.4. The number of nitrogens with zero attached hydrogens (tertiary/aromatic N) is 1. The molecule has 0 aliphatic rings. The van der Waals surface area contributed by atoms with Crippen LogP contribution in [0.2, 0.25) is 0 Å². The molecule has 3 aromatic rings. The smallest absolute Gasteiger partial charge is 0.243 e. The van der Waals surface area contributed by atoms with Crippen LogP contribution in [0.15, 0.2) is 77.3 Å². The normalized spacial score (nSPS) is 11.6. The second kappa shape index (κ2) is 12.5. The first-order valence-corrected chi connectivity index (χ1v) is 12.6. The van der Waals surface area contributed by atoms with Crippen LogP contribution in [0.3, 0.4) is 0 Å². The second-order valence-corrected chi connectivity index (χ2v) is 9.73. The third-order valence-corrected chi connectivity index (χ3v) is 6.25. The number of carbonyl (C=O) groups excluding carboxylic acids is 2. The molecule has 0 fully saturated rings. The highest BCUT2D eigenvalue weighted by Gasteiger charge is 2.30. The topological polar surface area (TPSA) is 49.4 Å².